The average Bonchev–Trinajstić information content (AvgIpc) is 2.75. The zero-order valence-electron chi connectivity index (χ0n) is 16.3. The van der Waals surface area contributed by atoms with Gasteiger partial charge in [-0.1, -0.05) is 30.3 Å². The predicted octanol–water partition coefficient (Wildman–Crippen LogP) is 4.07. The Morgan fingerprint density at radius 2 is 1.87 bits per heavy atom. The molecule has 30 heavy (non-hydrogen) atoms. The minimum atomic E-state index is -2.98. The van der Waals surface area contributed by atoms with Crippen molar-refractivity contribution in [2.75, 3.05) is 25.2 Å². The lowest BCUT2D eigenvalue weighted by Crippen LogP contribution is -2.34. The standard InChI is InChI=1S/C22H21F2NO5/c1-3-13-25(17-7-5-4-6-8-17)20(26)15-29-21(27)12-10-16-9-11-18(30-22(23)24)19(14-16)28-2/h3-12,14,22H,1,13,15H2,2H3/b12-10+. The first-order valence-corrected chi connectivity index (χ1v) is 8.88. The maximum atomic E-state index is 12.4. The average molecular weight is 417 g/mol. The first-order chi connectivity index (χ1) is 14.4. The molecule has 0 saturated heterocycles. The Labute approximate surface area is 173 Å². The molecule has 0 fully saturated rings. The molecule has 2 aromatic rings. The van der Waals surface area contributed by atoms with Crippen molar-refractivity contribution in [2.45, 2.75) is 6.61 Å². The van der Waals surface area contributed by atoms with Crippen molar-refractivity contribution >= 4 is 23.6 Å². The van der Waals surface area contributed by atoms with Gasteiger partial charge in [0.05, 0.1) is 7.11 Å². The van der Waals surface area contributed by atoms with E-state index in [9.17, 15) is 18.4 Å². The van der Waals surface area contributed by atoms with Crippen LogP contribution in [0.15, 0.2) is 67.3 Å². The van der Waals surface area contributed by atoms with E-state index in [4.69, 9.17) is 9.47 Å². The topological polar surface area (TPSA) is 65.1 Å². The number of esters is 1. The Balaban J connectivity index is 1.97. The summed E-state index contributed by atoms with van der Waals surface area (Å²) in [4.78, 5) is 25.8. The van der Waals surface area contributed by atoms with E-state index in [2.05, 4.69) is 11.3 Å². The number of methoxy groups -OCH3 is 1. The van der Waals surface area contributed by atoms with Crippen LogP contribution in [0.1, 0.15) is 5.56 Å². The summed E-state index contributed by atoms with van der Waals surface area (Å²) >= 11 is 0. The predicted molar refractivity (Wildman–Crippen MR) is 109 cm³/mol. The normalized spacial score (nSPS) is 10.7. The number of ether oxygens (including phenoxy) is 3. The number of carbonyl (C=O) groups excluding carboxylic acids is 2. The zero-order chi connectivity index (χ0) is 21.9. The van der Waals surface area contributed by atoms with E-state index < -0.39 is 25.1 Å². The fourth-order valence-corrected chi connectivity index (χ4v) is 2.49. The summed E-state index contributed by atoms with van der Waals surface area (Å²) < 4.78 is 39.1. The number of rotatable bonds is 10. The fourth-order valence-electron chi connectivity index (χ4n) is 2.49. The summed E-state index contributed by atoms with van der Waals surface area (Å²) in [6, 6.07) is 13.1. The number of halogens is 2. The third-order valence-corrected chi connectivity index (χ3v) is 3.83. The molecule has 2 rings (SSSR count). The van der Waals surface area contributed by atoms with Gasteiger partial charge in [0, 0.05) is 18.3 Å². The molecule has 0 N–H and O–H groups in total. The lowest BCUT2D eigenvalue weighted by molar-refractivity contribution is -0.142. The van der Waals surface area contributed by atoms with Crippen molar-refractivity contribution < 1.29 is 32.6 Å². The van der Waals surface area contributed by atoms with E-state index in [1.165, 1.54) is 36.3 Å². The minimum absolute atomic E-state index is 0.0870. The quantitative estimate of drug-likeness (QED) is 0.331. The second-order valence-electron chi connectivity index (χ2n) is 5.86. The Bertz CT molecular complexity index is 900. The maximum Gasteiger partial charge on any atom is 0.387 e. The van der Waals surface area contributed by atoms with Gasteiger partial charge in [0.25, 0.3) is 5.91 Å². The van der Waals surface area contributed by atoms with Gasteiger partial charge in [-0.05, 0) is 35.9 Å². The van der Waals surface area contributed by atoms with Crippen LogP contribution in [0.3, 0.4) is 0 Å². The molecule has 0 unspecified atom stereocenters. The molecule has 0 saturated carbocycles. The third-order valence-electron chi connectivity index (χ3n) is 3.83. The molecular formula is C22H21F2NO5. The maximum absolute atomic E-state index is 12.4. The largest absolute Gasteiger partial charge is 0.493 e. The van der Waals surface area contributed by atoms with Crippen LogP contribution in [0.25, 0.3) is 6.08 Å². The summed E-state index contributed by atoms with van der Waals surface area (Å²) in [7, 11) is 1.31. The van der Waals surface area contributed by atoms with Gasteiger partial charge in [-0.15, -0.1) is 6.58 Å². The number of carbonyl (C=O) groups is 2. The summed E-state index contributed by atoms with van der Waals surface area (Å²) in [6.07, 6.45) is 4.09. The number of hydrogen-bond donors (Lipinski definition) is 0. The van der Waals surface area contributed by atoms with Gasteiger partial charge in [0.1, 0.15) is 0 Å². The molecule has 0 aliphatic carbocycles. The minimum Gasteiger partial charge on any atom is -0.493 e. The van der Waals surface area contributed by atoms with E-state index >= 15 is 0 Å². The first-order valence-electron chi connectivity index (χ1n) is 8.88. The van der Waals surface area contributed by atoms with Crippen LogP contribution in [0.5, 0.6) is 11.5 Å². The molecule has 0 aliphatic rings. The molecule has 2 aromatic carbocycles. The number of benzene rings is 2. The number of alkyl halides is 2. The van der Waals surface area contributed by atoms with Gasteiger partial charge >= 0.3 is 12.6 Å². The van der Waals surface area contributed by atoms with Crippen molar-refractivity contribution in [2.24, 2.45) is 0 Å². The highest BCUT2D eigenvalue weighted by Crippen LogP contribution is 2.29. The molecule has 8 heteroatoms. The molecule has 0 aliphatic heterocycles. The zero-order valence-corrected chi connectivity index (χ0v) is 16.3. The molecular weight excluding hydrogens is 396 g/mol. The number of para-hydroxylation sites is 1. The van der Waals surface area contributed by atoms with Crippen LogP contribution in [0, 0.1) is 0 Å². The lowest BCUT2D eigenvalue weighted by atomic mass is 10.2. The van der Waals surface area contributed by atoms with E-state index in [1.807, 2.05) is 6.07 Å². The van der Waals surface area contributed by atoms with Crippen molar-refractivity contribution in [3.05, 3.63) is 72.8 Å². The Morgan fingerprint density at radius 3 is 2.50 bits per heavy atom. The van der Waals surface area contributed by atoms with Crippen LogP contribution in [-0.2, 0) is 14.3 Å². The van der Waals surface area contributed by atoms with Gasteiger partial charge in [-0.3, -0.25) is 4.79 Å². The number of nitrogens with zero attached hydrogens (tertiary/aromatic N) is 1. The van der Waals surface area contributed by atoms with Crippen LogP contribution in [-0.4, -0.2) is 38.7 Å². The van der Waals surface area contributed by atoms with E-state index in [0.717, 1.165) is 6.08 Å². The molecule has 0 heterocycles. The van der Waals surface area contributed by atoms with Crippen molar-refractivity contribution in [3.8, 4) is 11.5 Å². The van der Waals surface area contributed by atoms with E-state index in [0.29, 0.717) is 11.3 Å². The second-order valence-corrected chi connectivity index (χ2v) is 5.86. The fraction of sp³-hybridized carbons (Fsp3) is 0.182. The molecule has 1 amide bonds. The molecule has 0 radical (unpaired) electrons. The summed E-state index contributed by atoms with van der Waals surface area (Å²) in [5.74, 6) is -1.18. The van der Waals surface area contributed by atoms with E-state index in [1.54, 1.807) is 30.3 Å². The lowest BCUT2D eigenvalue weighted by Gasteiger charge is -2.20. The van der Waals surface area contributed by atoms with Crippen LogP contribution in [0.4, 0.5) is 14.5 Å². The highest BCUT2D eigenvalue weighted by molar-refractivity contribution is 5.96. The number of anilines is 1. The van der Waals surface area contributed by atoms with Crippen LogP contribution in [0.2, 0.25) is 0 Å². The van der Waals surface area contributed by atoms with Crippen molar-refractivity contribution in [1.29, 1.82) is 0 Å². The third kappa shape index (κ3) is 6.73. The highest BCUT2D eigenvalue weighted by atomic mass is 19.3. The molecule has 0 aromatic heterocycles. The number of amides is 1. The molecule has 0 spiro atoms. The number of hydrogen-bond acceptors (Lipinski definition) is 5. The van der Waals surface area contributed by atoms with Crippen molar-refractivity contribution in [3.63, 3.8) is 0 Å². The summed E-state index contributed by atoms with van der Waals surface area (Å²) in [5.41, 5.74) is 1.15. The van der Waals surface area contributed by atoms with Gasteiger partial charge in [-0.2, -0.15) is 8.78 Å². The highest BCUT2D eigenvalue weighted by Gasteiger charge is 2.16. The van der Waals surface area contributed by atoms with E-state index in [-0.39, 0.29) is 18.0 Å². The molecule has 6 nitrogen and oxygen atoms in total. The summed E-state index contributed by atoms with van der Waals surface area (Å²) in [6.45, 7) is 0.466. The monoisotopic (exact) mass is 417 g/mol. The molecule has 158 valence electrons. The van der Waals surface area contributed by atoms with Gasteiger partial charge in [0.2, 0.25) is 0 Å². The Hall–Kier alpha value is -3.68. The molecule has 0 bridgehead atoms. The summed E-state index contributed by atoms with van der Waals surface area (Å²) in [5, 5.41) is 0. The first kappa shape index (κ1) is 22.6. The molecule has 0 atom stereocenters. The SMILES string of the molecule is C=CCN(C(=O)COC(=O)/C=C/c1ccc(OC(F)F)c(OC)c1)c1ccccc1. The Morgan fingerprint density at radius 1 is 1.13 bits per heavy atom. The van der Waals surface area contributed by atoms with Crippen LogP contribution >= 0.6 is 0 Å². The van der Waals surface area contributed by atoms with Crippen LogP contribution < -0.4 is 14.4 Å². The van der Waals surface area contributed by atoms with Gasteiger partial charge in [0.15, 0.2) is 18.1 Å². The second kappa shape index (κ2) is 11.4. The van der Waals surface area contributed by atoms with Gasteiger partial charge in [-0.25, -0.2) is 4.79 Å². The smallest absolute Gasteiger partial charge is 0.387 e. The van der Waals surface area contributed by atoms with Crippen molar-refractivity contribution in [1.82, 2.24) is 0 Å². The van der Waals surface area contributed by atoms with Gasteiger partial charge < -0.3 is 19.1 Å². The Kier molecular flexibility index (Phi) is 8.56.